The smallest absolute Gasteiger partial charge is 0.416 e. The number of pyridine rings is 1. The molecule has 4 rings (SSSR count). The summed E-state index contributed by atoms with van der Waals surface area (Å²) >= 11 is 0. The van der Waals surface area contributed by atoms with Crippen LogP contribution >= 0.6 is 0 Å². The van der Waals surface area contributed by atoms with Gasteiger partial charge in [0.1, 0.15) is 12.4 Å². The van der Waals surface area contributed by atoms with Crippen LogP contribution in [0.1, 0.15) is 22.4 Å². The summed E-state index contributed by atoms with van der Waals surface area (Å²) in [6.07, 6.45) is -2.53. The minimum Gasteiger partial charge on any atom is -0.487 e. The van der Waals surface area contributed by atoms with Gasteiger partial charge in [0.25, 0.3) is 0 Å². The first-order valence-electron chi connectivity index (χ1n) is 10.7. The van der Waals surface area contributed by atoms with Gasteiger partial charge in [-0.1, -0.05) is 42.5 Å². The van der Waals surface area contributed by atoms with E-state index >= 15 is 0 Å². The highest BCUT2D eigenvalue weighted by Crippen LogP contribution is 2.31. The molecule has 3 N–H and O–H groups in total. The number of alkyl halides is 3. The van der Waals surface area contributed by atoms with E-state index in [9.17, 15) is 13.2 Å². The maximum atomic E-state index is 12.8. The summed E-state index contributed by atoms with van der Waals surface area (Å²) < 4.78 is 44.1. The first-order chi connectivity index (χ1) is 16.3. The molecule has 0 spiro atoms. The molecule has 0 aliphatic carbocycles. The molecule has 4 aromatic rings. The maximum Gasteiger partial charge on any atom is 0.416 e. The lowest BCUT2D eigenvalue weighted by atomic mass is 10.0. The van der Waals surface area contributed by atoms with Crippen molar-refractivity contribution < 1.29 is 17.9 Å². The number of benzene rings is 3. The molecule has 1 heterocycles. The summed E-state index contributed by atoms with van der Waals surface area (Å²) in [7, 11) is 0. The second kappa shape index (κ2) is 9.87. The third-order valence-electron chi connectivity index (χ3n) is 5.37. The highest BCUT2D eigenvalue weighted by molar-refractivity contribution is 5.68. The topological polar surface area (TPSA) is 60.2 Å². The Morgan fingerprint density at radius 2 is 1.56 bits per heavy atom. The summed E-state index contributed by atoms with van der Waals surface area (Å²) in [5.41, 5.74) is 11.3. The fourth-order valence-corrected chi connectivity index (χ4v) is 3.38. The van der Waals surface area contributed by atoms with E-state index in [0.29, 0.717) is 24.6 Å². The van der Waals surface area contributed by atoms with Gasteiger partial charge in [0, 0.05) is 18.8 Å². The zero-order chi connectivity index (χ0) is 24.1. The molecule has 0 unspecified atom stereocenters. The van der Waals surface area contributed by atoms with Crippen LogP contribution in [0.15, 0.2) is 85.1 Å². The molecular formula is C27H24F3N3O. The van der Waals surface area contributed by atoms with Gasteiger partial charge in [0.15, 0.2) is 0 Å². The van der Waals surface area contributed by atoms with Crippen LogP contribution in [0.2, 0.25) is 0 Å². The lowest BCUT2D eigenvalue weighted by molar-refractivity contribution is -0.137. The molecule has 0 atom stereocenters. The molecular weight excluding hydrogens is 439 g/mol. The van der Waals surface area contributed by atoms with Crippen LogP contribution in [0, 0.1) is 6.92 Å². The zero-order valence-electron chi connectivity index (χ0n) is 18.6. The Bertz CT molecular complexity index is 1240. The summed E-state index contributed by atoms with van der Waals surface area (Å²) in [6, 6.07) is 22.2. The van der Waals surface area contributed by atoms with Crippen molar-refractivity contribution in [2.45, 2.75) is 26.3 Å². The summed E-state index contributed by atoms with van der Waals surface area (Å²) in [6.45, 7) is 2.87. The lowest BCUT2D eigenvalue weighted by Gasteiger charge is -2.13. The molecule has 1 aromatic heterocycles. The zero-order valence-corrected chi connectivity index (χ0v) is 18.6. The van der Waals surface area contributed by atoms with Crippen LogP contribution in [0.3, 0.4) is 0 Å². The van der Waals surface area contributed by atoms with Crippen LogP contribution in [0.5, 0.6) is 5.75 Å². The van der Waals surface area contributed by atoms with Crippen molar-refractivity contribution in [1.29, 1.82) is 0 Å². The largest absolute Gasteiger partial charge is 0.487 e. The number of nitrogens with one attached hydrogen (secondary N) is 1. The van der Waals surface area contributed by atoms with Gasteiger partial charge in [-0.25, -0.2) is 0 Å². The van der Waals surface area contributed by atoms with Gasteiger partial charge >= 0.3 is 6.18 Å². The van der Waals surface area contributed by atoms with Gasteiger partial charge in [-0.3, -0.25) is 4.98 Å². The molecule has 0 aliphatic heterocycles. The maximum absolute atomic E-state index is 12.8. The van der Waals surface area contributed by atoms with Crippen molar-refractivity contribution in [2.24, 2.45) is 0 Å². The average molecular weight is 464 g/mol. The second-order valence-electron chi connectivity index (χ2n) is 7.99. The Labute approximate surface area is 196 Å². The van der Waals surface area contributed by atoms with Crippen LogP contribution in [-0.2, 0) is 19.3 Å². The number of hydrogen-bond acceptors (Lipinski definition) is 4. The first kappa shape index (κ1) is 23.2. The van der Waals surface area contributed by atoms with Crippen molar-refractivity contribution >= 4 is 11.4 Å². The number of halogens is 3. The third kappa shape index (κ3) is 5.86. The van der Waals surface area contributed by atoms with Gasteiger partial charge in [0.2, 0.25) is 0 Å². The molecule has 0 amide bonds. The normalized spacial score (nSPS) is 11.3. The number of hydrogen-bond donors (Lipinski definition) is 2. The minimum atomic E-state index is -4.34. The Morgan fingerprint density at radius 3 is 2.18 bits per heavy atom. The average Bonchev–Trinajstić information content (AvgIpc) is 2.83. The minimum absolute atomic E-state index is 0.356. The second-order valence-corrected chi connectivity index (χ2v) is 7.99. The number of nitrogens with two attached hydrogens (primary N) is 1. The van der Waals surface area contributed by atoms with E-state index in [1.807, 2.05) is 55.5 Å². The fraction of sp³-hybridized carbons (Fsp3) is 0.148. The molecule has 0 fully saturated rings. The summed E-state index contributed by atoms with van der Waals surface area (Å²) in [5.74, 6) is 0.678. The molecule has 0 saturated carbocycles. The number of rotatable bonds is 7. The number of aryl methyl sites for hydroxylation is 1. The van der Waals surface area contributed by atoms with Gasteiger partial charge in [-0.15, -0.1) is 0 Å². The molecule has 3 aromatic carbocycles. The van der Waals surface area contributed by atoms with Crippen LogP contribution in [-0.4, -0.2) is 4.98 Å². The number of anilines is 2. The van der Waals surface area contributed by atoms with E-state index in [-0.39, 0.29) is 0 Å². The predicted molar refractivity (Wildman–Crippen MR) is 128 cm³/mol. The molecule has 4 nitrogen and oxygen atoms in total. The monoisotopic (exact) mass is 463 g/mol. The first-order valence-corrected chi connectivity index (χ1v) is 10.7. The fourth-order valence-electron chi connectivity index (χ4n) is 3.38. The van der Waals surface area contributed by atoms with Crippen LogP contribution in [0.25, 0.3) is 11.1 Å². The molecule has 0 radical (unpaired) electrons. The molecule has 7 heteroatoms. The Hall–Kier alpha value is -4.00. The van der Waals surface area contributed by atoms with E-state index < -0.39 is 11.7 Å². The number of nitrogens with zero attached hydrogens (tertiary/aromatic N) is 1. The molecule has 0 aliphatic rings. The number of ether oxygens (including phenoxy) is 1. The van der Waals surface area contributed by atoms with Gasteiger partial charge in [0.05, 0.1) is 22.6 Å². The number of aromatic nitrogens is 1. The third-order valence-corrected chi connectivity index (χ3v) is 5.37. The summed E-state index contributed by atoms with van der Waals surface area (Å²) in [5, 5.41) is 3.31. The van der Waals surface area contributed by atoms with Gasteiger partial charge < -0.3 is 15.8 Å². The van der Waals surface area contributed by atoms with E-state index in [1.54, 1.807) is 12.3 Å². The quantitative estimate of drug-likeness (QED) is 0.294. The molecule has 0 bridgehead atoms. The molecule has 174 valence electrons. The Balaban J connectivity index is 1.37. The highest BCUT2D eigenvalue weighted by Gasteiger charge is 2.29. The van der Waals surface area contributed by atoms with E-state index in [0.717, 1.165) is 45.8 Å². The van der Waals surface area contributed by atoms with E-state index in [2.05, 4.69) is 10.3 Å². The van der Waals surface area contributed by atoms with Crippen LogP contribution < -0.4 is 15.8 Å². The Morgan fingerprint density at radius 1 is 0.882 bits per heavy atom. The van der Waals surface area contributed by atoms with Crippen molar-refractivity contribution in [2.75, 3.05) is 11.1 Å². The summed E-state index contributed by atoms with van der Waals surface area (Å²) in [4.78, 5) is 4.34. The van der Waals surface area contributed by atoms with Crippen LogP contribution in [0.4, 0.5) is 24.5 Å². The van der Waals surface area contributed by atoms with Gasteiger partial charge in [-0.05, 0) is 59.5 Å². The van der Waals surface area contributed by atoms with E-state index in [4.69, 9.17) is 10.5 Å². The van der Waals surface area contributed by atoms with Crippen molar-refractivity contribution in [3.63, 3.8) is 0 Å². The molecule has 0 saturated heterocycles. The Kier molecular flexibility index (Phi) is 6.72. The highest BCUT2D eigenvalue weighted by atomic mass is 19.4. The predicted octanol–water partition coefficient (Wildman–Crippen LogP) is 6.85. The molecule has 34 heavy (non-hydrogen) atoms. The lowest BCUT2D eigenvalue weighted by Crippen LogP contribution is -2.04. The van der Waals surface area contributed by atoms with Crippen molar-refractivity contribution in [1.82, 2.24) is 4.98 Å². The van der Waals surface area contributed by atoms with Crippen molar-refractivity contribution in [3.8, 4) is 16.9 Å². The SMILES string of the molecule is Cc1ccc(COc2ccc(N)c(NCc3ccc(-c4ccc(C(F)(F)F)cc4)cc3)c2)nc1. The van der Waals surface area contributed by atoms with E-state index in [1.165, 1.54) is 12.1 Å². The standard InChI is InChI=1S/C27H24F3N3O/c1-18-2-11-23(32-15-18)17-34-24-12-13-25(31)26(14-24)33-16-19-3-5-20(6-4-19)21-7-9-22(10-8-21)27(28,29)30/h2-15,33H,16-17,31H2,1H3. The van der Waals surface area contributed by atoms with Crippen molar-refractivity contribution in [3.05, 3.63) is 107 Å². The van der Waals surface area contributed by atoms with Gasteiger partial charge in [-0.2, -0.15) is 13.2 Å². The number of nitrogen functional groups attached to an aromatic ring is 1.